The summed E-state index contributed by atoms with van der Waals surface area (Å²) in [6.45, 7) is 8.69. The van der Waals surface area contributed by atoms with E-state index in [1.54, 1.807) is 0 Å². The zero-order valence-electron chi connectivity index (χ0n) is 12.3. The average molecular weight is 266 g/mol. The summed E-state index contributed by atoms with van der Waals surface area (Å²) in [7, 11) is 0. The number of hydrogen-bond donors (Lipinski definition) is 0. The Hall–Kier alpha value is -0.170. The maximum Gasteiger partial charge on any atom is -0.00647 e. The van der Waals surface area contributed by atoms with Gasteiger partial charge in [-0.05, 0) is 68.3 Å². The summed E-state index contributed by atoms with van der Waals surface area (Å²) in [5, 5.41) is 0. The van der Waals surface area contributed by atoms with Gasteiger partial charge in [0.1, 0.15) is 0 Å². The Kier molecular flexibility index (Phi) is 8.58. The molecule has 2 unspecified atom stereocenters. The molecule has 0 spiro atoms. The molecule has 1 fully saturated rings. The van der Waals surface area contributed by atoms with Gasteiger partial charge in [0, 0.05) is 0 Å². The highest BCUT2D eigenvalue weighted by Crippen LogP contribution is 2.34. The van der Waals surface area contributed by atoms with E-state index in [1.165, 1.54) is 55.6 Å². The Balaban J connectivity index is 2.56. The Morgan fingerprint density at radius 3 is 2.72 bits per heavy atom. The van der Waals surface area contributed by atoms with Crippen molar-refractivity contribution < 1.29 is 0 Å². The van der Waals surface area contributed by atoms with Gasteiger partial charge in [-0.3, -0.25) is 0 Å². The van der Waals surface area contributed by atoms with Crippen LogP contribution in [0.25, 0.3) is 0 Å². The quantitative estimate of drug-likeness (QED) is 0.543. The molecule has 2 atom stereocenters. The van der Waals surface area contributed by atoms with Crippen molar-refractivity contribution in [3.63, 3.8) is 0 Å². The van der Waals surface area contributed by atoms with Gasteiger partial charge < -0.3 is 0 Å². The van der Waals surface area contributed by atoms with Gasteiger partial charge in [-0.15, -0.1) is 0 Å². The molecule has 0 bridgehead atoms. The lowest BCUT2D eigenvalue weighted by Gasteiger charge is -2.29. The van der Waals surface area contributed by atoms with Crippen molar-refractivity contribution in [2.75, 3.05) is 11.5 Å². The van der Waals surface area contributed by atoms with Crippen LogP contribution in [0.15, 0.2) is 24.3 Å². The van der Waals surface area contributed by atoms with E-state index in [1.807, 2.05) is 0 Å². The zero-order valence-corrected chi connectivity index (χ0v) is 13.1. The second-order valence-electron chi connectivity index (χ2n) is 5.49. The van der Waals surface area contributed by atoms with E-state index in [2.05, 4.69) is 44.3 Å². The highest BCUT2D eigenvalue weighted by atomic mass is 32.2. The third kappa shape index (κ3) is 6.13. The van der Waals surface area contributed by atoms with Crippen molar-refractivity contribution in [1.29, 1.82) is 0 Å². The molecule has 0 amide bonds. The van der Waals surface area contributed by atoms with Crippen LogP contribution in [0.1, 0.15) is 58.8 Å². The standard InChI is InChI=1S/C17H30S/c1-4-6-7-9-16-10-8-12-18-13-11-17(16)14-15(3)5-2/h6-7,16-17H,3-5,8-14H2,1-2H3/b7-6+. The maximum atomic E-state index is 4.23. The summed E-state index contributed by atoms with van der Waals surface area (Å²) in [6.07, 6.45) is 13.9. The molecular weight excluding hydrogens is 236 g/mol. The zero-order chi connectivity index (χ0) is 13.2. The van der Waals surface area contributed by atoms with Crippen molar-refractivity contribution >= 4 is 11.8 Å². The van der Waals surface area contributed by atoms with E-state index < -0.39 is 0 Å². The van der Waals surface area contributed by atoms with Gasteiger partial charge in [0.15, 0.2) is 0 Å². The van der Waals surface area contributed by atoms with Crippen molar-refractivity contribution in [3.8, 4) is 0 Å². The van der Waals surface area contributed by atoms with Gasteiger partial charge >= 0.3 is 0 Å². The molecule has 0 aromatic heterocycles. The Bertz CT molecular complexity index is 254. The van der Waals surface area contributed by atoms with Crippen LogP contribution in [0.2, 0.25) is 0 Å². The Labute approximate surface area is 118 Å². The average Bonchev–Trinajstić information content (AvgIpc) is 2.36. The molecule has 0 nitrogen and oxygen atoms in total. The SMILES string of the molecule is C=C(CC)CC1CCSCCCC1C/C=C/CC. The van der Waals surface area contributed by atoms with E-state index >= 15 is 0 Å². The minimum Gasteiger partial charge on any atom is -0.162 e. The molecular formula is C17H30S. The molecule has 104 valence electrons. The number of rotatable bonds is 6. The van der Waals surface area contributed by atoms with Crippen molar-refractivity contribution in [2.24, 2.45) is 11.8 Å². The Morgan fingerprint density at radius 2 is 2.00 bits per heavy atom. The lowest BCUT2D eigenvalue weighted by molar-refractivity contribution is 0.299. The molecule has 0 aliphatic carbocycles. The van der Waals surface area contributed by atoms with E-state index in [-0.39, 0.29) is 0 Å². The highest BCUT2D eigenvalue weighted by molar-refractivity contribution is 7.99. The fourth-order valence-electron chi connectivity index (χ4n) is 2.79. The first-order valence-corrected chi connectivity index (χ1v) is 8.82. The molecule has 1 heteroatoms. The first kappa shape index (κ1) is 15.9. The molecule has 0 aromatic carbocycles. The van der Waals surface area contributed by atoms with E-state index in [0.717, 1.165) is 18.3 Å². The summed E-state index contributed by atoms with van der Waals surface area (Å²) in [6, 6.07) is 0. The van der Waals surface area contributed by atoms with Crippen LogP contribution in [-0.4, -0.2) is 11.5 Å². The molecule has 1 heterocycles. The van der Waals surface area contributed by atoms with Crippen LogP contribution < -0.4 is 0 Å². The molecule has 18 heavy (non-hydrogen) atoms. The van der Waals surface area contributed by atoms with Gasteiger partial charge in [0.25, 0.3) is 0 Å². The first-order valence-electron chi connectivity index (χ1n) is 7.67. The number of allylic oxidation sites excluding steroid dienone is 3. The lowest BCUT2D eigenvalue weighted by atomic mass is 9.80. The van der Waals surface area contributed by atoms with Crippen molar-refractivity contribution in [2.45, 2.75) is 58.8 Å². The summed E-state index contributed by atoms with van der Waals surface area (Å²) in [5.74, 6) is 4.51. The van der Waals surface area contributed by atoms with Crippen molar-refractivity contribution in [1.82, 2.24) is 0 Å². The van der Waals surface area contributed by atoms with Crippen LogP contribution in [0.4, 0.5) is 0 Å². The predicted molar refractivity (Wildman–Crippen MR) is 86.3 cm³/mol. The maximum absolute atomic E-state index is 4.23. The van der Waals surface area contributed by atoms with E-state index in [4.69, 9.17) is 0 Å². The van der Waals surface area contributed by atoms with Gasteiger partial charge in [-0.1, -0.05) is 38.2 Å². The van der Waals surface area contributed by atoms with Crippen LogP contribution in [0.3, 0.4) is 0 Å². The smallest absolute Gasteiger partial charge is 0.00647 e. The third-order valence-corrected chi connectivity index (χ3v) is 5.16. The summed E-state index contributed by atoms with van der Waals surface area (Å²) < 4.78 is 0. The summed E-state index contributed by atoms with van der Waals surface area (Å²) >= 11 is 2.15. The van der Waals surface area contributed by atoms with Gasteiger partial charge in [-0.2, -0.15) is 11.8 Å². The second kappa shape index (κ2) is 9.72. The summed E-state index contributed by atoms with van der Waals surface area (Å²) in [4.78, 5) is 0. The van der Waals surface area contributed by atoms with E-state index in [9.17, 15) is 0 Å². The number of hydrogen-bond acceptors (Lipinski definition) is 1. The first-order chi connectivity index (χ1) is 8.77. The second-order valence-corrected chi connectivity index (χ2v) is 6.71. The Morgan fingerprint density at radius 1 is 1.17 bits per heavy atom. The third-order valence-electron chi connectivity index (χ3n) is 4.06. The monoisotopic (exact) mass is 266 g/mol. The minimum atomic E-state index is 0.881. The van der Waals surface area contributed by atoms with Gasteiger partial charge in [0.2, 0.25) is 0 Å². The predicted octanol–water partition coefficient (Wildman–Crippen LogP) is 5.85. The lowest BCUT2D eigenvalue weighted by Crippen LogP contribution is -2.18. The van der Waals surface area contributed by atoms with Gasteiger partial charge in [-0.25, -0.2) is 0 Å². The fraction of sp³-hybridized carbons (Fsp3) is 0.765. The van der Waals surface area contributed by atoms with Crippen LogP contribution in [-0.2, 0) is 0 Å². The molecule has 0 saturated carbocycles. The largest absolute Gasteiger partial charge is 0.162 e. The van der Waals surface area contributed by atoms with Crippen LogP contribution >= 0.6 is 11.8 Å². The molecule has 0 radical (unpaired) electrons. The van der Waals surface area contributed by atoms with Crippen molar-refractivity contribution in [3.05, 3.63) is 24.3 Å². The topological polar surface area (TPSA) is 0 Å². The normalized spacial score (nSPS) is 25.9. The molecule has 0 aromatic rings. The minimum absolute atomic E-state index is 0.881. The molecule has 0 N–H and O–H groups in total. The molecule has 1 rings (SSSR count). The highest BCUT2D eigenvalue weighted by Gasteiger charge is 2.22. The molecule has 1 saturated heterocycles. The van der Waals surface area contributed by atoms with E-state index in [0.29, 0.717) is 0 Å². The fourth-order valence-corrected chi connectivity index (χ4v) is 3.83. The van der Waals surface area contributed by atoms with Crippen LogP contribution in [0, 0.1) is 11.8 Å². The van der Waals surface area contributed by atoms with Crippen LogP contribution in [0.5, 0.6) is 0 Å². The summed E-state index contributed by atoms with van der Waals surface area (Å²) in [5.41, 5.74) is 1.45. The van der Waals surface area contributed by atoms with Gasteiger partial charge in [0.05, 0.1) is 0 Å². The number of thioether (sulfide) groups is 1. The molecule has 1 aliphatic heterocycles. The molecule has 1 aliphatic rings.